The number of benzene rings is 1. The van der Waals surface area contributed by atoms with Gasteiger partial charge in [0.05, 0.1) is 0 Å². The lowest BCUT2D eigenvalue weighted by Gasteiger charge is -2.14. The molecule has 0 fully saturated rings. The molecule has 1 amide bonds. The topological polar surface area (TPSA) is 92.4 Å². The third-order valence-electron chi connectivity index (χ3n) is 3.81. The highest BCUT2D eigenvalue weighted by Gasteiger charge is 2.27. The molecule has 0 saturated heterocycles. The van der Waals surface area contributed by atoms with E-state index >= 15 is 0 Å². The first kappa shape index (κ1) is 17.7. The fourth-order valence-electron chi connectivity index (χ4n) is 2.49. The summed E-state index contributed by atoms with van der Waals surface area (Å²) >= 11 is 0. The highest BCUT2D eigenvalue weighted by Crippen LogP contribution is 2.26. The van der Waals surface area contributed by atoms with Gasteiger partial charge in [0.2, 0.25) is 0 Å². The first-order chi connectivity index (χ1) is 11.6. The number of nitrogens with one attached hydrogen (secondary N) is 1. The minimum Gasteiger partial charge on any atom is -0.480 e. The van der Waals surface area contributed by atoms with Gasteiger partial charge in [-0.3, -0.25) is 4.79 Å². The van der Waals surface area contributed by atoms with Gasteiger partial charge in [-0.1, -0.05) is 62.2 Å². The number of nitrogens with zero attached hydrogens (tertiary/aromatic N) is 1. The lowest BCUT2D eigenvalue weighted by Crippen LogP contribution is -2.41. The summed E-state index contributed by atoms with van der Waals surface area (Å²) in [5.41, 5.74) is 1.50. The molecule has 1 aromatic carbocycles. The minimum absolute atomic E-state index is 0.312. The Labute approximate surface area is 140 Å². The van der Waals surface area contributed by atoms with Crippen molar-refractivity contribution in [3.8, 4) is 11.3 Å². The monoisotopic (exact) mass is 330 g/mol. The van der Waals surface area contributed by atoms with Crippen molar-refractivity contribution in [1.29, 1.82) is 0 Å². The van der Waals surface area contributed by atoms with Crippen molar-refractivity contribution in [2.75, 3.05) is 0 Å². The standard InChI is InChI=1S/C18H22N2O4/c1-3-5-11-13(18(22)23)19-17(21)15-14(4-2)24-20-16(15)12-9-7-6-8-10-12/h6-10,13H,3-5,11H2,1-2H3,(H,19,21)(H,22,23). The second-order valence-corrected chi connectivity index (χ2v) is 5.56. The molecule has 6 heteroatoms. The third-order valence-corrected chi connectivity index (χ3v) is 3.81. The summed E-state index contributed by atoms with van der Waals surface area (Å²) in [5.74, 6) is -1.05. The molecule has 1 atom stereocenters. The van der Waals surface area contributed by atoms with Crippen LogP contribution in [0.3, 0.4) is 0 Å². The molecule has 128 valence electrons. The molecule has 0 bridgehead atoms. The zero-order valence-electron chi connectivity index (χ0n) is 13.9. The number of hydrogen-bond acceptors (Lipinski definition) is 4. The molecule has 2 rings (SSSR count). The van der Waals surface area contributed by atoms with E-state index in [4.69, 9.17) is 4.52 Å². The molecule has 1 unspecified atom stereocenters. The van der Waals surface area contributed by atoms with E-state index in [1.807, 2.05) is 44.2 Å². The Morgan fingerprint density at radius 1 is 1.25 bits per heavy atom. The van der Waals surface area contributed by atoms with Crippen molar-refractivity contribution in [3.05, 3.63) is 41.7 Å². The van der Waals surface area contributed by atoms with Gasteiger partial charge < -0.3 is 14.9 Å². The summed E-state index contributed by atoms with van der Waals surface area (Å²) in [6.07, 6.45) is 2.48. The third kappa shape index (κ3) is 4.01. The van der Waals surface area contributed by atoms with Gasteiger partial charge in [0, 0.05) is 12.0 Å². The number of aryl methyl sites for hydroxylation is 1. The van der Waals surface area contributed by atoms with E-state index in [9.17, 15) is 14.7 Å². The van der Waals surface area contributed by atoms with Crippen molar-refractivity contribution in [1.82, 2.24) is 10.5 Å². The quantitative estimate of drug-likeness (QED) is 0.775. The number of carboxylic acids is 1. The molecule has 1 heterocycles. The number of aliphatic carboxylic acids is 1. The Morgan fingerprint density at radius 2 is 1.96 bits per heavy atom. The summed E-state index contributed by atoms with van der Waals surface area (Å²) in [6.45, 7) is 3.83. The molecular weight excluding hydrogens is 308 g/mol. The largest absolute Gasteiger partial charge is 0.480 e. The molecule has 0 aliphatic heterocycles. The maximum absolute atomic E-state index is 12.7. The van der Waals surface area contributed by atoms with E-state index in [2.05, 4.69) is 10.5 Å². The second-order valence-electron chi connectivity index (χ2n) is 5.56. The van der Waals surface area contributed by atoms with E-state index in [0.717, 1.165) is 18.4 Å². The number of carboxylic acid groups (broad SMARTS) is 1. The minimum atomic E-state index is -1.03. The van der Waals surface area contributed by atoms with E-state index in [0.29, 0.717) is 29.9 Å². The number of aromatic nitrogens is 1. The summed E-state index contributed by atoms with van der Waals surface area (Å²) in [6, 6.07) is 8.31. The Hall–Kier alpha value is -2.63. The summed E-state index contributed by atoms with van der Waals surface area (Å²) in [4.78, 5) is 24.0. The van der Waals surface area contributed by atoms with Gasteiger partial charge in [0.15, 0.2) is 0 Å². The molecule has 0 radical (unpaired) electrons. The van der Waals surface area contributed by atoms with Crippen molar-refractivity contribution >= 4 is 11.9 Å². The van der Waals surface area contributed by atoms with Crippen LogP contribution < -0.4 is 5.32 Å². The van der Waals surface area contributed by atoms with Crippen LogP contribution in [0.5, 0.6) is 0 Å². The van der Waals surface area contributed by atoms with Gasteiger partial charge in [-0.25, -0.2) is 4.79 Å². The van der Waals surface area contributed by atoms with Gasteiger partial charge in [0.1, 0.15) is 23.1 Å². The number of hydrogen-bond donors (Lipinski definition) is 2. The van der Waals surface area contributed by atoms with Crippen LogP contribution in [0.2, 0.25) is 0 Å². The van der Waals surface area contributed by atoms with Crippen molar-refractivity contribution in [3.63, 3.8) is 0 Å². The lowest BCUT2D eigenvalue weighted by molar-refractivity contribution is -0.139. The van der Waals surface area contributed by atoms with Crippen molar-refractivity contribution in [2.45, 2.75) is 45.6 Å². The molecule has 0 spiro atoms. The highest BCUT2D eigenvalue weighted by atomic mass is 16.5. The van der Waals surface area contributed by atoms with Crippen LogP contribution in [-0.2, 0) is 11.2 Å². The molecule has 6 nitrogen and oxygen atoms in total. The first-order valence-electron chi connectivity index (χ1n) is 8.16. The van der Waals surface area contributed by atoms with Gasteiger partial charge in [-0.15, -0.1) is 0 Å². The molecule has 0 aliphatic carbocycles. The van der Waals surface area contributed by atoms with Crippen LogP contribution >= 0.6 is 0 Å². The molecule has 0 saturated carbocycles. The van der Waals surface area contributed by atoms with Crippen LogP contribution in [0, 0.1) is 0 Å². The number of amides is 1. The van der Waals surface area contributed by atoms with Crippen LogP contribution in [0.25, 0.3) is 11.3 Å². The first-order valence-corrected chi connectivity index (χ1v) is 8.16. The normalized spacial score (nSPS) is 11.9. The summed E-state index contributed by atoms with van der Waals surface area (Å²) in [5, 5.41) is 15.9. The Kier molecular flexibility index (Phi) is 6.12. The fourth-order valence-corrected chi connectivity index (χ4v) is 2.49. The van der Waals surface area contributed by atoms with Crippen LogP contribution in [0.4, 0.5) is 0 Å². The van der Waals surface area contributed by atoms with Crippen molar-refractivity contribution < 1.29 is 19.2 Å². The van der Waals surface area contributed by atoms with E-state index < -0.39 is 17.9 Å². The molecule has 0 aliphatic rings. The molecular formula is C18H22N2O4. The lowest BCUT2D eigenvalue weighted by atomic mass is 10.0. The number of carbonyl (C=O) groups is 2. The SMILES string of the molecule is CCCCC(NC(=O)c1c(-c2ccccc2)noc1CC)C(=O)O. The zero-order valence-corrected chi connectivity index (χ0v) is 13.9. The predicted molar refractivity (Wildman–Crippen MR) is 89.7 cm³/mol. The Morgan fingerprint density at radius 3 is 2.54 bits per heavy atom. The van der Waals surface area contributed by atoms with Gasteiger partial charge in [-0.2, -0.15) is 0 Å². The zero-order chi connectivity index (χ0) is 17.5. The average Bonchev–Trinajstić information content (AvgIpc) is 3.03. The maximum atomic E-state index is 12.7. The average molecular weight is 330 g/mol. The van der Waals surface area contributed by atoms with E-state index in [1.54, 1.807) is 0 Å². The maximum Gasteiger partial charge on any atom is 0.326 e. The number of carbonyl (C=O) groups excluding carboxylic acids is 1. The van der Waals surface area contributed by atoms with Gasteiger partial charge >= 0.3 is 5.97 Å². The van der Waals surface area contributed by atoms with Gasteiger partial charge in [-0.05, 0) is 6.42 Å². The smallest absolute Gasteiger partial charge is 0.326 e. The Balaban J connectivity index is 2.31. The molecule has 24 heavy (non-hydrogen) atoms. The Bertz CT molecular complexity index is 694. The number of rotatable bonds is 8. The second kappa shape index (κ2) is 8.29. The van der Waals surface area contributed by atoms with E-state index in [1.165, 1.54) is 0 Å². The van der Waals surface area contributed by atoms with Crippen LogP contribution in [0.15, 0.2) is 34.9 Å². The summed E-state index contributed by atoms with van der Waals surface area (Å²) in [7, 11) is 0. The van der Waals surface area contributed by atoms with Gasteiger partial charge in [0.25, 0.3) is 5.91 Å². The fraction of sp³-hybridized carbons (Fsp3) is 0.389. The highest BCUT2D eigenvalue weighted by molar-refractivity contribution is 6.02. The van der Waals surface area contributed by atoms with Crippen LogP contribution in [0.1, 0.15) is 49.2 Å². The van der Waals surface area contributed by atoms with Crippen LogP contribution in [-0.4, -0.2) is 28.2 Å². The van der Waals surface area contributed by atoms with E-state index in [-0.39, 0.29) is 0 Å². The molecule has 2 N–H and O–H groups in total. The van der Waals surface area contributed by atoms with Crippen molar-refractivity contribution in [2.24, 2.45) is 0 Å². The predicted octanol–water partition coefficient (Wildman–Crippen LogP) is 3.28. The summed E-state index contributed by atoms with van der Waals surface area (Å²) < 4.78 is 5.29. The molecule has 2 aromatic rings. The number of unbranched alkanes of at least 4 members (excludes halogenated alkanes) is 1. The molecule has 1 aromatic heterocycles.